The largest absolute Gasteiger partial charge is 0.456 e. The van der Waals surface area contributed by atoms with Crippen molar-refractivity contribution >= 4 is 28.0 Å². The molecule has 0 aliphatic heterocycles. The lowest BCUT2D eigenvalue weighted by atomic mass is 10.0. The maximum Gasteiger partial charge on any atom is 0.408 e. The van der Waals surface area contributed by atoms with Gasteiger partial charge in [0, 0.05) is 28.3 Å². The molecule has 0 aliphatic carbocycles. The molecule has 1 amide bonds. The Morgan fingerprint density at radius 3 is 2.35 bits per heavy atom. The normalized spacial score (nSPS) is 12.6. The molecular formula is C32H29N3O5. The van der Waals surface area contributed by atoms with Crippen molar-refractivity contribution in [3.05, 3.63) is 95.9 Å². The van der Waals surface area contributed by atoms with E-state index in [0.29, 0.717) is 12.2 Å². The Bertz CT molecular complexity index is 1770. The number of furan rings is 2. The number of alkyl carbamates (subject to hydrolysis) is 1. The Kier molecular flexibility index (Phi) is 6.38. The van der Waals surface area contributed by atoms with Crippen LogP contribution in [0.5, 0.6) is 0 Å². The molecule has 3 heterocycles. The predicted octanol–water partition coefficient (Wildman–Crippen LogP) is 8.01. The van der Waals surface area contributed by atoms with Gasteiger partial charge < -0.3 is 23.3 Å². The summed E-state index contributed by atoms with van der Waals surface area (Å²) in [6.45, 7) is 7.39. The van der Waals surface area contributed by atoms with Gasteiger partial charge in [-0.15, -0.1) is 10.2 Å². The quantitative estimate of drug-likeness (QED) is 0.230. The minimum Gasteiger partial charge on any atom is -0.456 e. The van der Waals surface area contributed by atoms with E-state index in [1.807, 2.05) is 107 Å². The van der Waals surface area contributed by atoms with Gasteiger partial charge >= 0.3 is 6.09 Å². The molecule has 3 aromatic carbocycles. The van der Waals surface area contributed by atoms with Crippen LogP contribution < -0.4 is 5.32 Å². The third kappa shape index (κ3) is 5.20. The first-order chi connectivity index (χ1) is 19.2. The number of benzene rings is 3. The number of fused-ring (bicyclic) bond motifs is 2. The lowest BCUT2D eigenvalue weighted by Gasteiger charge is -2.22. The molecule has 3 aromatic heterocycles. The maximum atomic E-state index is 12.8. The van der Waals surface area contributed by atoms with Crippen LogP contribution in [0.15, 0.2) is 92.1 Å². The monoisotopic (exact) mass is 535 g/mol. The van der Waals surface area contributed by atoms with Crippen molar-refractivity contribution < 1.29 is 22.8 Å². The molecule has 202 valence electrons. The van der Waals surface area contributed by atoms with Gasteiger partial charge in [0.1, 0.15) is 28.6 Å². The topological polar surface area (TPSA) is 104 Å². The van der Waals surface area contributed by atoms with Crippen molar-refractivity contribution in [2.24, 2.45) is 0 Å². The lowest BCUT2D eigenvalue weighted by molar-refractivity contribution is 0.0495. The lowest BCUT2D eigenvalue weighted by Crippen LogP contribution is -2.36. The zero-order valence-electron chi connectivity index (χ0n) is 22.7. The van der Waals surface area contributed by atoms with Crippen LogP contribution >= 0.6 is 0 Å². The molecule has 0 bridgehead atoms. The number of nitrogens with one attached hydrogen (secondary N) is 1. The first kappa shape index (κ1) is 25.4. The van der Waals surface area contributed by atoms with Gasteiger partial charge in [0.25, 0.3) is 5.89 Å². The molecule has 0 saturated heterocycles. The van der Waals surface area contributed by atoms with Gasteiger partial charge in [-0.2, -0.15) is 0 Å². The number of carbonyl (C=O) groups is 1. The molecule has 0 saturated carbocycles. The van der Waals surface area contributed by atoms with Crippen LogP contribution in [-0.2, 0) is 11.2 Å². The summed E-state index contributed by atoms with van der Waals surface area (Å²) in [5.74, 6) is 1.80. The van der Waals surface area contributed by atoms with Crippen LogP contribution in [0, 0.1) is 6.92 Å². The van der Waals surface area contributed by atoms with Crippen LogP contribution in [0.3, 0.4) is 0 Å². The number of carbonyl (C=O) groups excluding carboxylic acids is 1. The highest BCUT2D eigenvalue weighted by Gasteiger charge is 2.27. The third-order valence-corrected chi connectivity index (χ3v) is 6.57. The van der Waals surface area contributed by atoms with Crippen LogP contribution in [0.4, 0.5) is 4.79 Å². The van der Waals surface area contributed by atoms with E-state index in [9.17, 15) is 4.79 Å². The molecule has 1 N–H and O–H groups in total. The smallest absolute Gasteiger partial charge is 0.408 e. The van der Waals surface area contributed by atoms with Crippen molar-refractivity contribution in [1.29, 1.82) is 0 Å². The number of ether oxygens (including phenoxy) is 1. The summed E-state index contributed by atoms with van der Waals surface area (Å²) in [6.07, 6.45) is -0.170. The fourth-order valence-corrected chi connectivity index (χ4v) is 4.66. The second-order valence-corrected chi connectivity index (χ2v) is 10.7. The minimum atomic E-state index is -0.658. The van der Waals surface area contributed by atoms with Gasteiger partial charge in [-0.05, 0) is 51.5 Å². The summed E-state index contributed by atoms with van der Waals surface area (Å²) in [4.78, 5) is 12.8. The Morgan fingerprint density at radius 2 is 1.62 bits per heavy atom. The van der Waals surface area contributed by atoms with Crippen LogP contribution in [-0.4, -0.2) is 21.9 Å². The van der Waals surface area contributed by atoms with E-state index < -0.39 is 17.7 Å². The SMILES string of the molecule is Cc1c(-c2nnc([C@H](Cc3ccc(-c4cc5ccccc5o4)cc3)NC(=O)OC(C)(C)C)o2)oc2ccccc12. The van der Waals surface area contributed by atoms with Crippen molar-refractivity contribution in [1.82, 2.24) is 15.5 Å². The Hall–Kier alpha value is -4.85. The van der Waals surface area contributed by atoms with Crippen molar-refractivity contribution in [3.63, 3.8) is 0 Å². The molecule has 6 aromatic rings. The number of hydrogen-bond donors (Lipinski definition) is 1. The summed E-state index contributed by atoms with van der Waals surface area (Å²) >= 11 is 0. The van der Waals surface area contributed by atoms with Crippen LogP contribution in [0.25, 0.3) is 44.9 Å². The van der Waals surface area contributed by atoms with Crippen LogP contribution in [0.1, 0.15) is 43.8 Å². The van der Waals surface area contributed by atoms with Gasteiger partial charge in [-0.1, -0.05) is 60.7 Å². The Morgan fingerprint density at radius 1 is 0.900 bits per heavy atom. The zero-order chi connectivity index (χ0) is 27.9. The molecule has 0 fully saturated rings. The average Bonchev–Trinajstić information content (AvgIpc) is 3.65. The zero-order valence-corrected chi connectivity index (χ0v) is 22.7. The molecule has 40 heavy (non-hydrogen) atoms. The van der Waals surface area contributed by atoms with E-state index in [4.69, 9.17) is 18.0 Å². The predicted molar refractivity (Wildman–Crippen MR) is 152 cm³/mol. The van der Waals surface area contributed by atoms with E-state index in [1.54, 1.807) is 0 Å². The van der Waals surface area contributed by atoms with Crippen molar-refractivity contribution in [2.45, 2.75) is 45.8 Å². The van der Waals surface area contributed by atoms with Crippen LogP contribution in [0.2, 0.25) is 0 Å². The average molecular weight is 536 g/mol. The number of rotatable bonds is 6. The van der Waals surface area contributed by atoms with E-state index in [0.717, 1.165) is 44.4 Å². The molecule has 0 radical (unpaired) electrons. The molecule has 0 aliphatic rings. The van der Waals surface area contributed by atoms with Gasteiger partial charge in [0.05, 0.1) is 0 Å². The Labute approximate surface area is 231 Å². The highest BCUT2D eigenvalue weighted by atomic mass is 16.6. The first-order valence-corrected chi connectivity index (χ1v) is 13.1. The number of para-hydroxylation sites is 2. The number of amides is 1. The summed E-state index contributed by atoms with van der Waals surface area (Å²) in [7, 11) is 0. The first-order valence-electron chi connectivity index (χ1n) is 13.1. The van der Waals surface area contributed by atoms with Gasteiger partial charge in [0.2, 0.25) is 5.89 Å². The number of nitrogens with zero attached hydrogens (tertiary/aromatic N) is 2. The molecule has 0 spiro atoms. The Balaban J connectivity index is 1.28. The fraction of sp³-hybridized carbons (Fsp3) is 0.219. The summed E-state index contributed by atoms with van der Waals surface area (Å²) in [5.41, 5.74) is 3.74. The second kappa shape index (κ2) is 10.0. The molecule has 8 heteroatoms. The summed E-state index contributed by atoms with van der Waals surface area (Å²) < 4.78 is 23.6. The molecular weight excluding hydrogens is 506 g/mol. The highest BCUT2D eigenvalue weighted by molar-refractivity contribution is 5.86. The number of aryl methyl sites for hydroxylation is 1. The van der Waals surface area contributed by atoms with Gasteiger partial charge in [0.15, 0.2) is 5.76 Å². The van der Waals surface area contributed by atoms with Crippen molar-refractivity contribution in [3.8, 4) is 23.0 Å². The van der Waals surface area contributed by atoms with E-state index >= 15 is 0 Å². The number of hydrogen-bond acceptors (Lipinski definition) is 7. The highest BCUT2D eigenvalue weighted by Crippen LogP contribution is 2.33. The standard InChI is InChI=1S/C32H29N3O5/c1-19-23-10-6-8-12-26(23)38-28(19)30-35-34-29(39-30)24(33-31(36)40-32(2,3)4)17-20-13-15-21(16-14-20)27-18-22-9-5-7-11-25(22)37-27/h5-16,18,24H,17H2,1-4H3,(H,33,36)/t24-/m0/s1. The number of aromatic nitrogens is 2. The molecule has 8 nitrogen and oxygen atoms in total. The third-order valence-electron chi connectivity index (χ3n) is 6.57. The van der Waals surface area contributed by atoms with E-state index in [2.05, 4.69) is 15.5 Å². The second-order valence-electron chi connectivity index (χ2n) is 10.7. The molecule has 6 rings (SSSR count). The fourth-order valence-electron chi connectivity index (χ4n) is 4.66. The van der Waals surface area contributed by atoms with Gasteiger partial charge in [-0.25, -0.2) is 4.79 Å². The van der Waals surface area contributed by atoms with Crippen molar-refractivity contribution in [2.75, 3.05) is 0 Å². The summed E-state index contributed by atoms with van der Waals surface area (Å²) in [5, 5.41) is 13.5. The molecule has 0 unspecified atom stereocenters. The van der Waals surface area contributed by atoms with E-state index in [-0.39, 0.29) is 11.8 Å². The maximum absolute atomic E-state index is 12.8. The van der Waals surface area contributed by atoms with Gasteiger partial charge in [-0.3, -0.25) is 0 Å². The summed E-state index contributed by atoms with van der Waals surface area (Å²) in [6, 6.07) is 25.0. The van der Waals surface area contributed by atoms with E-state index in [1.165, 1.54) is 0 Å². The molecule has 1 atom stereocenters. The minimum absolute atomic E-state index is 0.250.